The van der Waals surface area contributed by atoms with Gasteiger partial charge in [-0.05, 0) is 6.42 Å². The number of ketones is 1. The molecule has 0 atom stereocenters. The molecule has 0 aliphatic rings. The van der Waals surface area contributed by atoms with E-state index in [0.717, 1.165) is 6.42 Å². The predicted molar refractivity (Wildman–Crippen MR) is 63.1 cm³/mol. The van der Waals surface area contributed by atoms with Gasteiger partial charge in [-0.15, -0.1) is 0 Å². The molecule has 0 aliphatic heterocycles. The molecule has 0 bridgehead atoms. The topological polar surface area (TPSA) is 89.9 Å². The van der Waals surface area contributed by atoms with Gasteiger partial charge in [0, 0.05) is 18.6 Å². The largest absolute Gasteiger partial charge is 0.481 e. The first-order valence-corrected chi connectivity index (χ1v) is 5.63. The fraction of sp³-hybridized carbons (Fsp3) is 0.583. The number of rotatable bonds is 10. The molecule has 1 N–H and O–H groups in total. The molecule has 0 saturated heterocycles. The third-order valence-corrected chi connectivity index (χ3v) is 1.89. The van der Waals surface area contributed by atoms with Crippen LogP contribution in [0.4, 0.5) is 0 Å². The number of esters is 1. The molecule has 0 unspecified atom stereocenters. The summed E-state index contributed by atoms with van der Waals surface area (Å²) in [6.07, 6.45) is 0.545. The smallest absolute Gasteiger partial charge is 0.334 e. The molecule has 0 fully saturated rings. The average molecular weight is 258 g/mol. The zero-order valence-corrected chi connectivity index (χ0v) is 10.4. The number of carbonyl (C=O) groups excluding carboxylic acids is 2. The molecule has 0 saturated carbocycles. The highest BCUT2D eigenvalue weighted by Gasteiger charge is 2.13. The first-order chi connectivity index (χ1) is 8.47. The molecule has 0 amide bonds. The summed E-state index contributed by atoms with van der Waals surface area (Å²) in [4.78, 5) is 32.7. The van der Waals surface area contributed by atoms with E-state index >= 15 is 0 Å². The van der Waals surface area contributed by atoms with Crippen molar-refractivity contribution < 1.29 is 29.0 Å². The minimum absolute atomic E-state index is 0.165. The molecule has 0 rings (SSSR count). The standard InChI is InChI=1S/C12H18O6/c1-3-5-17-6-4-10(13)8-18-12(16)9(2)7-11(14)15/h2-8H2,1H3,(H,14,15). The van der Waals surface area contributed by atoms with Gasteiger partial charge in [0.2, 0.25) is 0 Å². The Balaban J connectivity index is 3.74. The maximum absolute atomic E-state index is 11.3. The number of carboxylic acids is 1. The van der Waals surface area contributed by atoms with Crippen molar-refractivity contribution in [1.82, 2.24) is 0 Å². The molecular formula is C12H18O6. The Morgan fingerprint density at radius 3 is 2.44 bits per heavy atom. The van der Waals surface area contributed by atoms with E-state index in [1.165, 1.54) is 0 Å². The first kappa shape index (κ1) is 16.3. The molecule has 0 spiro atoms. The van der Waals surface area contributed by atoms with E-state index in [9.17, 15) is 14.4 Å². The van der Waals surface area contributed by atoms with Crippen LogP contribution in [0.15, 0.2) is 12.2 Å². The molecule has 6 heteroatoms. The van der Waals surface area contributed by atoms with E-state index in [1.807, 2.05) is 6.92 Å². The number of hydrogen-bond acceptors (Lipinski definition) is 5. The zero-order valence-electron chi connectivity index (χ0n) is 10.4. The van der Waals surface area contributed by atoms with Gasteiger partial charge in [0.15, 0.2) is 5.78 Å². The Kier molecular flexibility index (Phi) is 8.47. The van der Waals surface area contributed by atoms with Crippen molar-refractivity contribution in [3.05, 3.63) is 12.2 Å². The van der Waals surface area contributed by atoms with Crippen molar-refractivity contribution >= 4 is 17.7 Å². The van der Waals surface area contributed by atoms with E-state index in [-0.39, 0.29) is 24.4 Å². The number of hydrogen-bond donors (Lipinski definition) is 1. The van der Waals surface area contributed by atoms with Crippen molar-refractivity contribution in [2.45, 2.75) is 26.2 Å². The Morgan fingerprint density at radius 2 is 1.89 bits per heavy atom. The Labute approximate surface area is 106 Å². The van der Waals surface area contributed by atoms with E-state index in [2.05, 4.69) is 11.3 Å². The minimum atomic E-state index is -1.17. The Morgan fingerprint density at radius 1 is 1.22 bits per heavy atom. The lowest BCUT2D eigenvalue weighted by molar-refractivity contribution is -0.146. The van der Waals surface area contributed by atoms with E-state index in [1.54, 1.807) is 0 Å². The maximum atomic E-state index is 11.3. The molecule has 0 aromatic rings. The summed E-state index contributed by atoms with van der Waals surface area (Å²) in [5.74, 6) is -2.31. The van der Waals surface area contributed by atoms with Gasteiger partial charge in [0.25, 0.3) is 0 Å². The zero-order chi connectivity index (χ0) is 14.0. The Bertz CT molecular complexity index is 321. The van der Waals surface area contributed by atoms with Crippen LogP contribution in [0.3, 0.4) is 0 Å². The van der Waals surface area contributed by atoms with E-state index in [4.69, 9.17) is 9.84 Å². The van der Waals surface area contributed by atoms with Crippen LogP contribution in [0.5, 0.6) is 0 Å². The molecule has 18 heavy (non-hydrogen) atoms. The summed E-state index contributed by atoms with van der Waals surface area (Å²) < 4.78 is 9.72. The minimum Gasteiger partial charge on any atom is -0.481 e. The van der Waals surface area contributed by atoms with Crippen LogP contribution < -0.4 is 0 Å². The second kappa shape index (κ2) is 9.35. The number of ether oxygens (including phenoxy) is 2. The van der Waals surface area contributed by atoms with Crippen molar-refractivity contribution in [3.8, 4) is 0 Å². The first-order valence-electron chi connectivity index (χ1n) is 5.63. The number of carboxylic acid groups (broad SMARTS) is 1. The summed E-state index contributed by atoms with van der Waals surface area (Å²) in [6, 6.07) is 0. The molecule has 0 radical (unpaired) electrons. The fourth-order valence-corrected chi connectivity index (χ4v) is 1.01. The summed E-state index contributed by atoms with van der Waals surface area (Å²) in [6.45, 7) is 5.72. The quantitative estimate of drug-likeness (QED) is 0.356. The van der Waals surface area contributed by atoms with Crippen LogP contribution in [0, 0.1) is 0 Å². The van der Waals surface area contributed by atoms with Gasteiger partial charge < -0.3 is 14.6 Å². The maximum Gasteiger partial charge on any atom is 0.334 e. The second-order valence-electron chi connectivity index (χ2n) is 3.65. The Hall–Kier alpha value is -1.69. The van der Waals surface area contributed by atoms with Gasteiger partial charge >= 0.3 is 11.9 Å². The van der Waals surface area contributed by atoms with Crippen molar-refractivity contribution in [1.29, 1.82) is 0 Å². The molecule has 0 heterocycles. The van der Waals surface area contributed by atoms with Gasteiger partial charge in [0.05, 0.1) is 13.0 Å². The van der Waals surface area contributed by atoms with Crippen molar-refractivity contribution in [2.75, 3.05) is 19.8 Å². The monoisotopic (exact) mass is 258 g/mol. The van der Waals surface area contributed by atoms with Crippen LogP contribution in [-0.2, 0) is 23.9 Å². The third-order valence-electron chi connectivity index (χ3n) is 1.89. The van der Waals surface area contributed by atoms with Crippen LogP contribution in [-0.4, -0.2) is 42.6 Å². The SMILES string of the molecule is C=C(CC(=O)O)C(=O)OCC(=O)CCOCCC. The lowest BCUT2D eigenvalue weighted by atomic mass is 10.2. The summed E-state index contributed by atoms with van der Waals surface area (Å²) in [5.41, 5.74) is -0.183. The molecule has 6 nitrogen and oxygen atoms in total. The highest BCUT2D eigenvalue weighted by molar-refractivity contribution is 5.94. The fourth-order valence-electron chi connectivity index (χ4n) is 1.01. The number of aliphatic carboxylic acids is 1. The average Bonchev–Trinajstić information content (AvgIpc) is 2.30. The van der Waals surface area contributed by atoms with Gasteiger partial charge in [0.1, 0.15) is 6.61 Å². The molecule has 0 aromatic heterocycles. The van der Waals surface area contributed by atoms with Gasteiger partial charge in [-0.1, -0.05) is 13.5 Å². The summed E-state index contributed by atoms with van der Waals surface area (Å²) in [5, 5.41) is 8.42. The second-order valence-corrected chi connectivity index (χ2v) is 3.65. The van der Waals surface area contributed by atoms with Crippen molar-refractivity contribution in [2.24, 2.45) is 0 Å². The molecule has 0 aliphatic carbocycles. The van der Waals surface area contributed by atoms with Gasteiger partial charge in [-0.3, -0.25) is 9.59 Å². The molecule has 0 aromatic carbocycles. The van der Waals surface area contributed by atoms with E-state index < -0.39 is 18.4 Å². The normalized spacial score (nSPS) is 9.83. The highest BCUT2D eigenvalue weighted by Crippen LogP contribution is 2.01. The lowest BCUT2D eigenvalue weighted by Gasteiger charge is -2.05. The van der Waals surface area contributed by atoms with Crippen LogP contribution in [0.2, 0.25) is 0 Å². The third kappa shape index (κ3) is 8.46. The van der Waals surface area contributed by atoms with Gasteiger partial charge in [-0.2, -0.15) is 0 Å². The summed E-state index contributed by atoms with van der Waals surface area (Å²) in [7, 11) is 0. The molecule has 102 valence electrons. The van der Waals surface area contributed by atoms with E-state index in [0.29, 0.717) is 13.2 Å². The van der Waals surface area contributed by atoms with Crippen LogP contribution in [0.1, 0.15) is 26.2 Å². The number of Topliss-reactive ketones (excluding diaryl/α,β-unsaturated/α-hetero) is 1. The van der Waals surface area contributed by atoms with Gasteiger partial charge in [-0.25, -0.2) is 4.79 Å². The van der Waals surface area contributed by atoms with Crippen LogP contribution in [0.25, 0.3) is 0 Å². The van der Waals surface area contributed by atoms with Crippen molar-refractivity contribution in [3.63, 3.8) is 0 Å². The summed E-state index contributed by atoms with van der Waals surface area (Å²) >= 11 is 0. The molecular weight excluding hydrogens is 240 g/mol. The number of carbonyl (C=O) groups is 3. The lowest BCUT2D eigenvalue weighted by Crippen LogP contribution is -2.17. The predicted octanol–water partition coefficient (Wildman–Crippen LogP) is 0.946. The van der Waals surface area contributed by atoms with Crippen LogP contribution >= 0.6 is 0 Å². The highest BCUT2D eigenvalue weighted by atomic mass is 16.5.